The highest BCUT2D eigenvalue weighted by atomic mass is 16.1. The molecule has 0 spiro atoms. The van der Waals surface area contributed by atoms with Crippen LogP contribution in [0.15, 0.2) is 18.7 Å². The number of nitrogens with one attached hydrogen (secondary N) is 2. The Morgan fingerprint density at radius 2 is 2.20 bits per heavy atom. The van der Waals surface area contributed by atoms with Crippen LogP contribution in [0.3, 0.4) is 0 Å². The predicted octanol–water partition coefficient (Wildman–Crippen LogP) is 0.450. The van der Waals surface area contributed by atoms with E-state index < -0.39 is 0 Å². The average molecular weight is 275 g/mol. The highest BCUT2D eigenvalue weighted by Gasteiger charge is 2.10. The van der Waals surface area contributed by atoms with Gasteiger partial charge in [0.25, 0.3) is 5.91 Å². The van der Waals surface area contributed by atoms with Crippen molar-refractivity contribution in [3.8, 4) is 0 Å². The van der Waals surface area contributed by atoms with Crippen LogP contribution in [0.25, 0.3) is 0 Å². The molecule has 2 aromatic rings. The fraction of sp³-hybridized carbons (Fsp3) is 0.417. The largest absolute Gasteiger partial charge is 0.369 e. The second-order valence-electron chi connectivity index (χ2n) is 4.04. The van der Waals surface area contributed by atoms with Crippen LogP contribution in [0.1, 0.15) is 30.2 Å². The Morgan fingerprint density at radius 3 is 2.95 bits per heavy atom. The molecule has 0 saturated heterocycles. The quantitative estimate of drug-likeness (QED) is 0.794. The van der Waals surface area contributed by atoms with Gasteiger partial charge in [-0.15, -0.1) is 10.2 Å². The van der Waals surface area contributed by atoms with Gasteiger partial charge < -0.3 is 15.2 Å². The molecule has 0 aliphatic rings. The van der Waals surface area contributed by atoms with Gasteiger partial charge >= 0.3 is 0 Å². The van der Waals surface area contributed by atoms with Gasteiger partial charge in [0.05, 0.1) is 18.9 Å². The van der Waals surface area contributed by atoms with Crippen molar-refractivity contribution in [3.63, 3.8) is 0 Å². The first-order chi connectivity index (χ1) is 9.74. The lowest BCUT2D eigenvalue weighted by Gasteiger charge is -2.06. The van der Waals surface area contributed by atoms with E-state index in [1.54, 1.807) is 12.5 Å². The maximum absolute atomic E-state index is 12.0. The topological polar surface area (TPSA) is 97.6 Å². The smallest absolute Gasteiger partial charge is 0.271 e. The van der Waals surface area contributed by atoms with Crippen molar-refractivity contribution in [1.82, 2.24) is 30.0 Å². The minimum Gasteiger partial charge on any atom is -0.369 e. The zero-order valence-corrected chi connectivity index (χ0v) is 11.5. The van der Waals surface area contributed by atoms with Crippen molar-refractivity contribution in [2.24, 2.45) is 0 Å². The van der Waals surface area contributed by atoms with Crippen LogP contribution in [-0.2, 0) is 13.1 Å². The number of nitrogens with zero attached hydrogens (tertiary/aromatic N) is 5. The number of aromatic nitrogens is 5. The summed E-state index contributed by atoms with van der Waals surface area (Å²) in [5.74, 6) is 0.997. The molecule has 20 heavy (non-hydrogen) atoms. The zero-order chi connectivity index (χ0) is 14.4. The Balaban J connectivity index is 1.99. The van der Waals surface area contributed by atoms with E-state index >= 15 is 0 Å². The Bertz CT molecular complexity index is 581. The van der Waals surface area contributed by atoms with Crippen molar-refractivity contribution in [3.05, 3.63) is 30.2 Å². The number of anilines is 1. The van der Waals surface area contributed by atoms with Gasteiger partial charge in [-0.25, -0.2) is 4.98 Å². The molecule has 2 N–H and O–H groups in total. The molecule has 2 aromatic heterocycles. The molecule has 0 unspecified atom stereocenters. The highest BCUT2D eigenvalue weighted by Crippen LogP contribution is 2.02. The van der Waals surface area contributed by atoms with Gasteiger partial charge in [-0.2, -0.15) is 0 Å². The fourth-order valence-corrected chi connectivity index (χ4v) is 1.67. The summed E-state index contributed by atoms with van der Waals surface area (Å²) in [6.07, 6.45) is 4.64. The van der Waals surface area contributed by atoms with E-state index in [0.29, 0.717) is 18.2 Å². The molecular weight excluding hydrogens is 258 g/mol. The minimum absolute atomic E-state index is 0.269. The summed E-state index contributed by atoms with van der Waals surface area (Å²) in [4.78, 5) is 20.2. The molecule has 1 amide bonds. The number of carbonyl (C=O) groups is 1. The van der Waals surface area contributed by atoms with Gasteiger partial charge in [-0.3, -0.25) is 9.78 Å². The maximum Gasteiger partial charge on any atom is 0.271 e. The van der Waals surface area contributed by atoms with Gasteiger partial charge in [-0.1, -0.05) is 0 Å². The SMILES string of the molecule is CCNc1cncc(C(=O)NCc2nncn2CC)n1. The molecule has 8 heteroatoms. The van der Waals surface area contributed by atoms with E-state index in [1.807, 2.05) is 18.4 Å². The number of carbonyl (C=O) groups excluding carboxylic acids is 1. The second-order valence-corrected chi connectivity index (χ2v) is 4.04. The van der Waals surface area contributed by atoms with Crippen LogP contribution in [-0.4, -0.2) is 37.2 Å². The third kappa shape index (κ3) is 3.28. The van der Waals surface area contributed by atoms with E-state index in [2.05, 4.69) is 30.8 Å². The lowest BCUT2D eigenvalue weighted by molar-refractivity contribution is 0.0944. The molecule has 0 bridgehead atoms. The van der Waals surface area contributed by atoms with Crippen molar-refractivity contribution < 1.29 is 4.79 Å². The summed E-state index contributed by atoms with van der Waals surface area (Å²) in [6, 6.07) is 0. The van der Waals surface area contributed by atoms with Crippen molar-refractivity contribution in [2.45, 2.75) is 26.9 Å². The van der Waals surface area contributed by atoms with Crippen LogP contribution in [0.2, 0.25) is 0 Å². The van der Waals surface area contributed by atoms with Crippen LogP contribution in [0, 0.1) is 0 Å². The number of hydrogen-bond donors (Lipinski definition) is 2. The van der Waals surface area contributed by atoms with E-state index in [-0.39, 0.29) is 11.6 Å². The summed E-state index contributed by atoms with van der Waals surface area (Å²) < 4.78 is 1.86. The molecule has 0 saturated carbocycles. The summed E-state index contributed by atoms with van der Waals surface area (Å²) in [6.45, 7) is 5.72. The molecular formula is C12H17N7O. The molecule has 106 valence electrons. The fourth-order valence-electron chi connectivity index (χ4n) is 1.67. The molecule has 2 rings (SSSR count). The molecule has 0 aromatic carbocycles. The van der Waals surface area contributed by atoms with Gasteiger partial charge in [-0.05, 0) is 13.8 Å². The Kier molecular flexibility index (Phi) is 4.59. The third-order valence-electron chi connectivity index (χ3n) is 2.67. The van der Waals surface area contributed by atoms with E-state index in [4.69, 9.17) is 0 Å². The Morgan fingerprint density at radius 1 is 1.35 bits per heavy atom. The first kappa shape index (κ1) is 13.9. The molecule has 0 aliphatic carbocycles. The Labute approximate surface area is 116 Å². The molecule has 0 atom stereocenters. The first-order valence-electron chi connectivity index (χ1n) is 6.45. The Hall–Kier alpha value is -2.51. The zero-order valence-electron chi connectivity index (χ0n) is 11.5. The third-order valence-corrected chi connectivity index (χ3v) is 2.67. The van der Waals surface area contributed by atoms with Gasteiger partial charge in [0, 0.05) is 13.1 Å². The lowest BCUT2D eigenvalue weighted by Crippen LogP contribution is -2.26. The minimum atomic E-state index is -0.289. The molecule has 0 fully saturated rings. The van der Waals surface area contributed by atoms with E-state index in [9.17, 15) is 4.79 Å². The monoisotopic (exact) mass is 275 g/mol. The first-order valence-corrected chi connectivity index (χ1v) is 6.45. The second kappa shape index (κ2) is 6.60. The van der Waals surface area contributed by atoms with Gasteiger partial charge in [0.15, 0.2) is 5.82 Å². The number of hydrogen-bond acceptors (Lipinski definition) is 6. The van der Waals surface area contributed by atoms with Crippen molar-refractivity contribution in [2.75, 3.05) is 11.9 Å². The number of rotatable bonds is 6. The molecule has 0 aliphatic heterocycles. The van der Waals surface area contributed by atoms with Gasteiger partial charge in [0.2, 0.25) is 0 Å². The normalized spacial score (nSPS) is 10.3. The molecule has 8 nitrogen and oxygen atoms in total. The highest BCUT2D eigenvalue weighted by molar-refractivity contribution is 5.92. The van der Waals surface area contributed by atoms with Crippen LogP contribution in [0.4, 0.5) is 5.82 Å². The van der Waals surface area contributed by atoms with Crippen LogP contribution < -0.4 is 10.6 Å². The van der Waals surface area contributed by atoms with Crippen LogP contribution in [0.5, 0.6) is 0 Å². The summed E-state index contributed by atoms with van der Waals surface area (Å²) in [5, 5.41) is 13.5. The van der Waals surface area contributed by atoms with Crippen molar-refractivity contribution in [1.29, 1.82) is 0 Å². The van der Waals surface area contributed by atoms with Gasteiger partial charge in [0.1, 0.15) is 17.8 Å². The number of amides is 1. The molecule has 0 radical (unpaired) electrons. The summed E-state index contributed by atoms with van der Waals surface area (Å²) in [5.41, 5.74) is 0.269. The maximum atomic E-state index is 12.0. The summed E-state index contributed by atoms with van der Waals surface area (Å²) >= 11 is 0. The van der Waals surface area contributed by atoms with Crippen molar-refractivity contribution >= 4 is 11.7 Å². The number of aryl methyl sites for hydroxylation is 1. The van der Waals surface area contributed by atoms with Crippen LogP contribution >= 0.6 is 0 Å². The lowest BCUT2D eigenvalue weighted by atomic mass is 10.4. The van der Waals surface area contributed by atoms with E-state index in [1.165, 1.54) is 6.20 Å². The standard InChI is InChI=1S/C12H17N7O/c1-3-14-10-6-13-5-9(17-10)12(20)15-7-11-18-16-8-19(11)4-2/h5-6,8H,3-4,7H2,1-2H3,(H,14,17)(H,15,20). The predicted molar refractivity (Wildman–Crippen MR) is 73.1 cm³/mol. The summed E-state index contributed by atoms with van der Waals surface area (Å²) in [7, 11) is 0. The van der Waals surface area contributed by atoms with E-state index in [0.717, 1.165) is 13.1 Å². The molecule has 2 heterocycles. The average Bonchev–Trinajstić information content (AvgIpc) is 2.93.